The summed E-state index contributed by atoms with van der Waals surface area (Å²) in [5.74, 6) is -0.202. The molecule has 2 heterocycles. The number of ether oxygens (including phenoxy) is 1. The number of amides is 1. The van der Waals surface area contributed by atoms with Crippen molar-refractivity contribution in [3.63, 3.8) is 0 Å². The molecule has 7 nitrogen and oxygen atoms in total. The molecule has 4 N–H and O–H groups in total. The smallest absolute Gasteiger partial charge is 0.251 e. The monoisotopic (exact) mass is 570 g/mol. The quantitative estimate of drug-likeness (QED) is 0.310. The molecule has 1 aliphatic heterocycles. The largest absolute Gasteiger partial charge is 0.390 e. The highest BCUT2D eigenvalue weighted by molar-refractivity contribution is 5.95. The number of pyridine rings is 1. The van der Waals surface area contributed by atoms with Crippen LogP contribution >= 0.6 is 0 Å². The number of nitrogens with one attached hydrogen (secondary N) is 3. The summed E-state index contributed by atoms with van der Waals surface area (Å²) in [4.78, 5) is 18.4. The number of aliphatic hydroxyl groups is 1. The van der Waals surface area contributed by atoms with Gasteiger partial charge < -0.3 is 25.8 Å². The minimum Gasteiger partial charge on any atom is -0.390 e. The Bertz CT molecular complexity index is 1380. The Morgan fingerprint density at radius 1 is 1.10 bits per heavy atom. The fraction of sp³-hybridized carbons (Fsp3) is 0.486. The average molecular weight is 571 g/mol. The maximum absolute atomic E-state index is 13.7. The lowest BCUT2D eigenvalue weighted by Crippen LogP contribution is -2.50. The van der Waals surface area contributed by atoms with Crippen LogP contribution in [0.2, 0.25) is 0 Å². The number of nitrogens with zero attached hydrogens (tertiary/aromatic N) is 1. The molecule has 1 fully saturated rings. The van der Waals surface area contributed by atoms with Crippen molar-refractivity contribution in [1.82, 2.24) is 15.6 Å². The molecule has 0 radical (unpaired) electrons. The highest BCUT2D eigenvalue weighted by Gasteiger charge is 2.46. The van der Waals surface area contributed by atoms with E-state index in [4.69, 9.17) is 9.72 Å². The third kappa shape index (κ3) is 7.57. The van der Waals surface area contributed by atoms with Gasteiger partial charge in [-0.05, 0) is 96.5 Å². The fourth-order valence-corrected chi connectivity index (χ4v) is 5.81. The molecule has 4 bridgehead atoms. The van der Waals surface area contributed by atoms with Crippen LogP contribution in [-0.2, 0) is 35.1 Å². The van der Waals surface area contributed by atoms with Crippen molar-refractivity contribution in [1.29, 1.82) is 0 Å². The van der Waals surface area contributed by atoms with E-state index in [1.807, 2.05) is 24.4 Å². The second kappa shape index (κ2) is 12.9. The van der Waals surface area contributed by atoms with E-state index in [2.05, 4.69) is 73.1 Å². The van der Waals surface area contributed by atoms with Gasteiger partial charge in [-0.2, -0.15) is 0 Å². The van der Waals surface area contributed by atoms with E-state index in [0.717, 1.165) is 61.2 Å². The minimum atomic E-state index is -0.795. The van der Waals surface area contributed by atoms with Crippen molar-refractivity contribution in [2.24, 2.45) is 0 Å². The van der Waals surface area contributed by atoms with Gasteiger partial charge in [0.1, 0.15) is 0 Å². The van der Waals surface area contributed by atoms with Crippen molar-refractivity contribution in [3.8, 4) is 0 Å². The number of anilines is 1. The van der Waals surface area contributed by atoms with Crippen molar-refractivity contribution in [2.75, 3.05) is 25.5 Å². The summed E-state index contributed by atoms with van der Waals surface area (Å²) in [6, 6.07) is 18.2. The molecule has 2 aromatic carbocycles. The van der Waals surface area contributed by atoms with Crippen LogP contribution in [0.1, 0.15) is 84.8 Å². The predicted molar refractivity (Wildman–Crippen MR) is 168 cm³/mol. The molecule has 1 amide bonds. The second-order valence-electron chi connectivity index (χ2n) is 13.0. The van der Waals surface area contributed by atoms with E-state index in [1.54, 1.807) is 7.11 Å². The van der Waals surface area contributed by atoms with Crippen LogP contribution in [-0.4, -0.2) is 48.3 Å². The van der Waals surface area contributed by atoms with E-state index in [1.165, 1.54) is 11.1 Å². The number of aromatic nitrogens is 1. The summed E-state index contributed by atoms with van der Waals surface area (Å²) >= 11 is 0. The zero-order chi connectivity index (χ0) is 29.7. The first-order chi connectivity index (χ1) is 20.1. The van der Waals surface area contributed by atoms with Crippen LogP contribution in [0.25, 0.3) is 0 Å². The van der Waals surface area contributed by atoms with Gasteiger partial charge >= 0.3 is 0 Å². The molecule has 42 heavy (non-hydrogen) atoms. The van der Waals surface area contributed by atoms with E-state index in [-0.39, 0.29) is 16.9 Å². The van der Waals surface area contributed by atoms with Gasteiger partial charge in [-0.3, -0.25) is 9.78 Å². The first kappa shape index (κ1) is 30.2. The lowest BCUT2D eigenvalue weighted by Gasteiger charge is -2.28. The van der Waals surface area contributed by atoms with Crippen molar-refractivity contribution in [2.45, 2.75) is 89.0 Å². The van der Waals surface area contributed by atoms with Crippen molar-refractivity contribution < 1.29 is 14.6 Å². The molecule has 1 saturated carbocycles. The first-order valence-electron chi connectivity index (χ1n) is 15.3. The molecular formula is C35H46N4O3. The number of hydrogen-bond acceptors (Lipinski definition) is 6. The number of fused-ring (bicyclic) bond motifs is 4. The molecule has 1 aliphatic carbocycles. The van der Waals surface area contributed by atoms with Gasteiger partial charge in [-0.25, -0.2) is 0 Å². The molecule has 2 atom stereocenters. The van der Waals surface area contributed by atoms with E-state index >= 15 is 0 Å². The second-order valence-corrected chi connectivity index (χ2v) is 13.0. The van der Waals surface area contributed by atoms with Crippen LogP contribution in [0.3, 0.4) is 0 Å². The van der Waals surface area contributed by atoms with E-state index < -0.39 is 12.1 Å². The van der Waals surface area contributed by atoms with Crippen molar-refractivity contribution in [3.05, 3.63) is 94.3 Å². The lowest BCUT2D eigenvalue weighted by molar-refractivity contribution is 0.0821. The van der Waals surface area contributed by atoms with Gasteiger partial charge in [0.25, 0.3) is 5.91 Å². The number of carbonyl (C=O) groups is 1. The maximum atomic E-state index is 13.7. The summed E-state index contributed by atoms with van der Waals surface area (Å²) in [6.07, 6.45) is 6.68. The number of aliphatic hydroxyl groups excluding tert-OH is 1. The summed E-state index contributed by atoms with van der Waals surface area (Å²) in [6.45, 7) is 8.23. The molecule has 0 unspecified atom stereocenters. The van der Waals surface area contributed by atoms with E-state index in [0.29, 0.717) is 25.1 Å². The van der Waals surface area contributed by atoms with Crippen LogP contribution < -0.4 is 16.0 Å². The topological polar surface area (TPSA) is 95.5 Å². The van der Waals surface area contributed by atoms with Gasteiger partial charge in [-0.1, -0.05) is 45.0 Å². The lowest BCUT2D eigenvalue weighted by atomic mass is 9.86. The summed E-state index contributed by atoms with van der Waals surface area (Å²) in [5, 5.41) is 21.9. The Morgan fingerprint density at radius 3 is 2.67 bits per heavy atom. The molecule has 1 aromatic heterocycles. The summed E-state index contributed by atoms with van der Waals surface area (Å²) < 4.78 is 5.37. The molecule has 5 rings (SSSR count). The Kier molecular flexibility index (Phi) is 9.31. The minimum absolute atomic E-state index is 0.0344. The van der Waals surface area contributed by atoms with Gasteiger partial charge in [0.15, 0.2) is 0 Å². The molecule has 0 spiro atoms. The Morgan fingerprint density at radius 2 is 1.90 bits per heavy atom. The first-order valence-corrected chi connectivity index (χ1v) is 15.3. The third-order valence-electron chi connectivity index (χ3n) is 8.53. The number of rotatable bonds is 7. The molecule has 3 aromatic rings. The van der Waals surface area contributed by atoms with Crippen LogP contribution in [0.4, 0.5) is 5.69 Å². The summed E-state index contributed by atoms with van der Waals surface area (Å²) in [5.41, 5.74) is 6.86. The number of benzene rings is 2. The number of aryl methyl sites for hydroxylation is 1. The maximum Gasteiger partial charge on any atom is 0.251 e. The van der Waals surface area contributed by atoms with Gasteiger partial charge in [-0.15, -0.1) is 0 Å². The fourth-order valence-electron chi connectivity index (χ4n) is 5.81. The van der Waals surface area contributed by atoms with Gasteiger partial charge in [0.2, 0.25) is 0 Å². The average Bonchev–Trinajstić information content (AvgIpc) is 3.76. The Hall–Kier alpha value is -3.26. The molecule has 7 heteroatoms. The zero-order valence-corrected chi connectivity index (χ0v) is 25.5. The Labute approximate surface area is 250 Å². The molecule has 224 valence electrons. The van der Waals surface area contributed by atoms with Crippen LogP contribution in [0.15, 0.2) is 60.8 Å². The molecule has 0 saturated heterocycles. The highest BCUT2D eigenvalue weighted by atomic mass is 16.5. The van der Waals surface area contributed by atoms with Crippen molar-refractivity contribution >= 4 is 11.6 Å². The molecular weight excluding hydrogens is 524 g/mol. The normalized spacial score (nSPS) is 19.5. The zero-order valence-electron chi connectivity index (χ0n) is 25.5. The molecule has 2 aliphatic rings. The number of methoxy groups -OCH3 is 1. The van der Waals surface area contributed by atoms with Gasteiger partial charge in [0, 0.05) is 37.6 Å². The van der Waals surface area contributed by atoms with Gasteiger partial charge in [0.05, 0.1) is 30.0 Å². The Balaban J connectivity index is 1.38. The number of carbonyl (C=O) groups excluding carboxylic acids is 1. The highest BCUT2D eigenvalue weighted by Crippen LogP contribution is 2.45. The van der Waals surface area contributed by atoms with Crippen LogP contribution in [0.5, 0.6) is 0 Å². The van der Waals surface area contributed by atoms with Crippen LogP contribution in [0, 0.1) is 0 Å². The van der Waals surface area contributed by atoms with E-state index in [9.17, 15) is 9.90 Å². The summed E-state index contributed by atoms with van der Waals surface area (Å²) in [7, 11) is 1.66. The third-order valence-corrected chi connectivity index (χ3v) is 8.53. The standard InChI is InChI=1S/C35H46N4O3/c1-34(2,3)28-11-15-37-32(21-28)35(12-13-35)38-22-31(40)30-19-25-10-7-9-24(16-25)8-5-6-14-36-29-18-26(23-42-4)17-27(20-29)33(41)39-30/h7,9-11,15-18,20-21,30-31,36,38,40H,5-6,8,12-14,19,22-23H2,1-4H3,(H,39,41)/t30-,31+/m0/s1. The number of hydrogen-bond donors (Lipinski definition) is 4. The predicted octanol–water partition coefficient (Wildman–Crippen LogP) is 5.25. The SMILES string of the molecule is COCc1cc2cc(c1)C(=O)N[C@H]([C@H](O)CNC1(c3cc(C(C)(C)C)ccn3)CC1)Cc1cccc(c1)CCCCN2.